The first-order valence-corrected chi connectivity index (χ1v) is 7.30. The summed E-state index contributed by atoms with van der Waals surface area (Å²) in [5, 5.41) is 3.51. The Bertz CT molecular complexity index is 347. The van der Waals surface area contributed by atoms with E-state index in [1.54, 1.807) is 0 Å². The van der Waals surface area contributed by atoms with Crippen LogP contribution in [0.15, 0.2) is 24.3 Å². The third kappa shape index (κ3) is 3.74. The molecule has 0 radical (unpaired) electrons. The van der Waals surface area contributed by atoms with Crippen LogP contribution in [0.2, 0.25) is 0 Å². The van der Waals surface area contributed by atoms with Gasteiger partial charge in [0.15, 0.2) is 0 Å². The predicted molar refractivity (Wildman–Crippen MR) is 76.2 cm³/mol. The highest BCUT2D eigenvalue weighted by Crippen LogP contribution is 2.25. The van der Waals surface area contributed by atoms with E-state index in [4.69, 9.17) is 4.74 Å². The van der Waals surface area contributed by atoms with E-state index in [0.717, 1.165) is 25.1 Å². The molecule has 0 saturated heterocycles. The highest BCUT2D eigenvalue weighted by atomic mass is 16.5. The molecule has 0 aliphatic heterocycles. The summed E-state index contributed by atoms with van der Waals surface area (Å²) in [5.74, 6) is 1.03. The van der Waals surface area contributed by atoms with Crippen LogP contribution in [0.4, 0.5) is 0 Å². The van der Waals surface area contributed by atoms with Gasteiger partial charge in [0, 0.05) is 6.04 Å². The van der Waals surface area contributed by atoms with Gasteiger partial charge >= 0.3 is 0 Å². The Labute approximate surface area is 111 Å². The smallest absolute Gasteiger partial charge is 0.119 e. The number of rotatable bonds is 6. The summed E-state index contributed by atoms with van der Waals surface area (Å²) in [4.78, 5) is 0. The van der Waals surface area contributed by atoms with Crippen LogP contribution in [0.3, 0.4) is 0 Å². The molecule has 1 saturated carbocycles. The monoisotopic (exact) mass is 247 g/mol. The minimum absolute atomic E-state index is 0.395. The SMILES string of the molecule is CCCc1ccc(OC2CCC(NCC)C2)cc1. The standard InChI is InChI=1S/C16H25NO/c1-3-5-13-6-9-15(10-7-13)18-16-11-8-14(12-16)17-4-2/h6-7,9-10,14,16-17H,3-5,8,11-12H2,1-2H3. The zero-order valence-corrected chi connectivity index (χ0v) is 11.6. The maximum atomic E-state index is 6.05. The first-order chi connectivity index (χ1) is 8.81. The largest absolute Gasteiger partial charge is 0.490 e. The minimum Gasteiger partial charge on any atom is -0.490 e. The molecule has 0 amide bonds. The van der Waals surface area contributed by atoms with Crippen molar-refractivity contribution in [3.05, 3.63) is 29.8 Å². The van der Waals surface area contributed by atoms with Crippen LogP contribution in [-0.2, 0) is 6.42 Å². The molecule has 2 nitrogen and oxygen atoms in total. The van der Waals surface area contributed by atoms with Gasteiger partial charge in [-0.1, -0.05) is 32.4 Å². The molecule has 0 heterocycles. The van der Waals surface area contributed by atoms with Gasteiger partial charge in [-0.15, -0.1) is 0 Å². The zero-order chi connectivity index (χ0) is 12.8. The molecular weight excluding hydrogens is 222 g/mol. The van der Waals surface area contributed by atoms with Crippen molar-refractivity contribution in [1.29, 1.82) is 0 Å². The Morgan fingerprint density at radius 3 is 2.61 bits per heavy atom. The second kappa shape index (κ2) is 6.79. The molecule has 0 aromatic heterocycles. The topological polar surface area (TPSA) is 21.3 Å². The molecular formula is C16H25NO. The molecule has 2 rings (SSSR count). The van der Waals surface area contributed by atoms with Crippen LogP contribution >= 0.6 is 0 Å². The normalized spacial score (nSPS) is 23.2. The van der Waals surface area contributed by atoms with Crippen LogP contribution in [0.25, 0.3) is 0 Å². The second-order valence-corrected chi connectivity index (χ2v) is 5.20. The first-order valence-electron chi connectivity index (χ1n) is 7.30. The zero-order valence-electron chi connectivity index (χ0n) is 11.6. The molecule has 100 valence electrons. The fourth-order valence-corrected chi connectivity index (χ4v) is 2.74. The number of ether oxygens (including phenoxy) is 1. The lowest BCUT2D eigenvalue weighted by Crippen LogP contribution is -2.27. The average Bonchev–Trinajstić information content (AvgIpc) is 2.80. The molecule has 1 aromatic rings. The van der Waals surface area contributed by atoms with Gasteiger partial charge in [-0.05, 0) is 49.9 Å². The van der Waals surface area contributed by atoms with Crippen molar-refractivity contribution < 1.29 is 4.74 Å². The third-order valence-corrected chi connectivity index (χ3v) is 3.64. The Morgan fingerprint density at radius 2 is 1.94 bits per heavy atom. The van der Waals surface area contributed by atoms with Gasteiger partial charge in [-0.3, -0.25) is 0 Å². The van der Waals surface area contributed by atoms with Crippen LogP contribution < -0.4 is 10.1 Å². The van der Waals surface area contributed by atoms with Crippen LogP contribution in [0, 0.1) is 0 Å². The molecule has 2 heteroatoms. The number of aryl methyl sites for hydroxylation is 1. The molecule has 0 spiro atoms. The predicted octanol–water partition coefficient (Wildman–Crippen LogP) is 3.55. The third-order valence-electron chi connectivity index (χ3n) is 3.64. The van der Waals surface area contributed by atoms with E-state index < -0.39 is 0 Å². The molecule has 1 aromatic carbocycles. The second-order valence-electron chi connectivity index (χ2n) is 5.20. The van der Waals surface area contributed by atoms with E-state index in [1.165, 1.54) is 24.8 Å². The van der Waals surface area contributed by atoms with E-state index in [2.05, 4.69) is 43.4 Å². The average molecular weight is 247 g/mol. The van der Waals surface area contributed by atoms with Gasteiger partial charge in [0.05, 0.1) is 0 Å². The number of hydrogen-bond donors (Lipinski definition) is 1. The Balaban J connectivity index is 1.82. The maximum Gasteiger partial charge on any atom is 0.119 e. The van der Waals surface area contributed by atoms with Crippen molar-refractivity contribution in [2.45, 2.75) is 58.1 Å². The highest BCUT2D eigenvalue weighted by molar-refractivity contribution is 5.27. The van der Waals surface area contributed by atoms with E-state index in [-0.39, 0.29) is 0 Å². The fourth-order valence-electron chi connectivity index (χ4n) is 2.74. The number of benzene rings is 1. The summed E-state index contributed by atoms with van der Waals surface area (Å²) < 4.78 is 6.05. The lowest BCUT2D eigenvalue weighted by molar-refractivity contribution is 0.206. The molecule has 1 aliphatic rings. The number of hydrogen-bond acceptors (Lipinski definition) is 2. The van der Waals surface area contributed by atoms with Gasteiger partial charge in [-0.25, -0.2) is 0 Å². The van der Waals surface area contributed by atoms with Crippen LogP contribution in [-0.4, -0.2) is 18.7 Å². The first kappa shape index (κ1) is 13.4. The van der Waals surface area contributed by atoms with Crippen molar-refractivity contribution in [3.8, 4) is 5.75 Å². The molecule has 1 aliphatic carbocycles. The lowest BCUT2D eigenvalue weighted by Gasteiger charge is -2.15. The van der Waals surface area contributed by atoms with E-state index >= 15 is 0 Å². The van der Waals surface area contributed by atoms with E-state index in [0.29, 0.717) is 12.1 Å². The van der Waals surface area contributed by atoms with Gasteiger partial charge in [0.2, 0.25) is 0 Å². The minimum atomic E-state index is 0.395. The Kier molecular flexibility index (Phi) is 5.06. The van der Waals surface area contributed by atoms with Crippen molar-refractivity contribution in [2.75, 3.05) is 6.54 Å². The number of nitrogens with one attached hydrogen (secondary N) is 1. The fraction of sp³-hybridized carbons (Fsp3) is 0.625. The van der Waals surface area contributed by atoms with Crippen molar-refractivity contribution in [3.63, 3.8) is 0 Å². The summed E-state index contributed by atoms with van der Waals surface area (Å²) in [7, 11) is 0. The summed E-state index contributed by atoms with van der Waals surface area (Å²) >= 11 is 0. The molecule has 1 fully saturated rings. The maximum absolute atomic E-state index is 6.05. The summed E-state index contributed by atoms with van der Waals surface area (Å²) in [6.07, 6.45) is 6.32. The van der Waals surface area contributed by atoms with E-state index in [1.807, 2.05) is 0 Å². The van der Waals surface area contributed by atoms with Gasteiger partial charge in [0.25, 0.3) is 0 Å². The Morgan fingerprint density at radius 1 is 1.17 bits per heavy atom. The van der Waals surface area contributed by atoms with E-state index in [9.17, 15) is 0 Å². The lowest BCUT2D eigenvalue weighted by atomic mass is 10.1. The van der Waals surface area contributed by atoms with Crippen LogP contribution in [0.5, 0.6) is 5.75 Å². The molecule has 0 bridgehead atoms. The van der Waals surface area contributed by atoms with Crippen molar-refractivity contribution >= 4 is 0 Å². The van der Waals surface area contributed by atoms with Gasteiger partial charge in [0.1, 0.15) is 11.9 Å². The summed E-state index contributed by atoms with van der Waals surface area (Å²) in [5.41, 5.74) is 1.40. The Hall–Kier alpha value is -1.02. The summed E-state index contributed by atoms with van der Waals surface area (Å²) in [6, 6.07) is 9.27. The molecule has 2 atom stereocenters. The van der Waals surface area contributed by atoms with Crippen molar-refractivity contribution in [2.24, 2.45) is 0 Å². The quantitative estimate of drug-likeness (QED) is 0.830. The molecule has 1 N–H and O–H groups in total. The van der Waals surface area contributed by atoms with Gasteiger partial charge in [-0.2, -0.15) is 0 Å². The van der Waals surface area contributed by atoms with Crippen molar-refractivity contribution in [1.82, 2.24) is 5.32 Å². The van der Waals surface area contributed by atoms with Crippen LogP contribution in [0.1, 0.15) is 45.1 Å². The molecule has 2 unspecified atom stereocenters. The highest BCUT2D eigenvalue weighted by Gasteiger charge is 2.25. The summed E-state index contributed by atoms with van der Waals surface area (Å²) in [6.45, 7) is 5.44. The molecule has 18 heavy (non-hydrogen) atoms. The van der Waals surface area contributed by atoms with Gasteiger partial charge < -0.3 is 10.1 Å².